The Bertz CT molecular complexity index is 314. The summed E-state index contributed by atoms with van der Waals surface area (Å²) >= 11 is 0.107. The molecule has 14 heavy (non-hydrogen) atoms. The van der Waals surface area contributed by atoms with E-state index in [0.717, 1.165) is 0 Å². The van der Waals surface area contributed by atoms with Crippen LogP contribution in [0.2, 0.25) is 0 Å². The number of hydrogen-bond acceptors (Lipinski definition) is 2. The van der Waals surface area contributed by atoms with E-state index in [1.165, 1.54) is 0 Å². The maximum atomic E-state index is 12.6. The highest BCUT2D eigenvalue weighted by Gasteiger charge is 2.39. The molecule has 76 valence electrons. The molecule has 0 aromatic heterocycles. The third kappa shape index (κ3) is 2.99. The van der Waals surface area contributed by atoms with E-state index in [1.54, 1.807) is 30.3 Å². The number of carbonyl (C=O) groups is 1. The van der Waals surface area contributed by atoms with Gasteiger partial charge in [-0.25, -0.2) is 4.79 Å². The number of thioether (sulfide) groups is 1. The quantitative estimate of drug-likeness (QED) is 0.844. The number of carboxylic acid groups (broad SMARTS) is 1. The van der Waals surface area contributed by atoms with Crippen molar-refractivity contribution in [2.75, 3.05) is 0 Å². The molecule has 5 heteroatoms. The summed E-state index contributed by atoms with van der Waals surface area (Å²) in [6, 6.07) is 8.54. The monoisotopic (exact) mass is 218 g/mol. The fourth-order valence-electron chi connectivity index (χ4n) is 0.810. The second-order valence-electron chi connectivity index (χ2n) is 2.60. The summed E-state index contributed by atoms with van der Waals surface area (Å²) in [6.45, 7) is 0. The van der Waals surface area contributed by atoms with Gasteiger partial charge in [-0.2, -0.15) is 8.78 Å². The van der Waals surface area contributed by atoms with Crippen LogP contribution in [0.1, 0.15) is 5.56 Å². The Hall–Kier alpha value is -1.10. The van der Waals surface area contributed by atoms with Crippen LogP contribution in [0.5, 0.6) is 0 Å². The molecule has 0 aliphatic heterocycles. The highest BCUT2D eigenvalue weighted by Crippen LogP contribution is 2.31. The van der Waals surface area contributed by atoms with E-state index < -0.39 is 11.2 Å². The molecule has 0 saturated heterocycles. The summed E-state index contributed by atoms with van der Waals surface area (Å²) in [4.78, 5) is 10.1. The molecule has 1 aromatic carbocycles. The van der Waals surface area contributed by atoms with E-state index in [1.807, 2.05) is 0 Å². The molecule has 0 heterocycles. The molecule has 0 bridgehead atoms. The standard InChI is InChI=1S/C9H8F2O2S/c10-9(11,8(12)13)14-6-7-4-2-1-3-5-7/h1-5H,6H2,(H,12,13). The Labute approximate surface area is 83.9 Å². The second-order valence-corrected chi connectivity index (χ2v) is 3.69. The Morgan fingerprint density at radius 2 is 1.93 bits per heavy atom. The number of aliphatic carboxylic acids is 1. The van der Waals surface area contributed by atoms with Crippen molar-refractivity contribution in [1.82, 2.24) is 0 Å². The Morgan fingerprint density at radius 3 is 2.43 bits per heavy atom. The first-order valence-electron chi connectivity index (χ1n) is 3.81. The molecule has 2 nitrogen and oxygen atoms in total. The van der Waals surface area contributed by atoms with Crippen molar-refractivity contribution in [2.45, 2.75) is 11.0 Å². The fourth-order valence-corrected chi connectivity index (χ4v) is 1.47. The third-order valence-corrected chi connectivity index (χ3v) is 2.53. The van der Waals surface area contributed by atoms with Gasteiger partial charge in [-0.05, 0) is 5.56 Å². The topological polar surface area (TPSA) is 37.3 Å². The molecule has 1 N–H and O–H groups in total. The number of rotatable bonds is 4. The van der Waals surface area contributed by atoms with E-state index in [2.05, 4.69) is 0 Å². The van der Waals surface area contributed by atoms with Crippen LogP contribution in [0.4, 0.5) is 8.78 Å². The lowest BCUT2D eigenvalue weighted by atomic mass is 10.2. The first-order valence-corrected chi connectivity index (χ1v) is 4.80. The van der Waals surface area contributed by atoms with E-state index in [0.29, 0.717) is 5.56 Å². The van der Waals surface area contributed by atoms with Crippen molar-refractivity contribution in [2.24, 2.45) is 0 Å². The summed E-state index contributed by atoms with van der Waals surface area (Å²) < 4.78 is 25.2. The van der Waals surface area contributed by atoms with Gasteiger partial charge in [0.2, 0.25) is 0 Å². The lowest BCUT2D eigenvalue weighted by Crippen LogP contribution is -2.23. The van der Waals surface area contributed by atoms with Gasteiger partial charge >= 0.3 is 11.2 Å². The van der Waals surface area contributed by atoms with Crippen molar-refractivity contribution in [3.05, 3.63) is 35.9 Å². The minimum Gasteiger partial charge on any atom is -0.476 e. The molecule has 0 unspecified atom stereocenters. The van der Waals surface area contributed by atoms with Crippen LogP contribution in [-0.4, -0.2) is 16.3 Å². The first kappa shape index (κ1) is 11.0. The summed E-state index contributed by atoms with van der Waals surface area (Å²) in [5.74, 6) is -2.11. The molecule has 0 radical (unpaired) electrons. The second kappa shape index (κ2) is 4.41. The van der Waals surface area contributed by atoms with Crippen molar-refractivity contribution >= 4 is 17.7 Å². The third-order valence-electron chi connectivity index (χ3n) is 1.51. The van der Waals surface area contributed by atoms with Gasteiger partial charge < -0.3 is 5.11 Å². The lowest BCUT2D eigenvalue weighted by Gasteiger charge is -2.09. The van der Waals surface area contributed by atoms with Crippen LogP contribution in [0.15, 0.2) is 30.3 Å². The zero-order valence-corrected chi connectivity index (χ0v) is 7.93. The van der Waals surface area contributed by atoms with Crippen molar-refractivity contribution in [3.8, 4) is 0 Å². The van der Waals surface area contributed by atoms with Gasteiger partial charge in [-0.1, -0.05) is 42.1 Å². The molecule has 0 aliphatic rings. The zero-order valence-electron chi connectivity index (χ0n) is 7.11. The lowest BCUT2D eigenvalue weighted by molar-refractivity contribution is -0.152. The Kier molecular flexibility index (Phi) is 3.46. The van der Waals surface area contributed by atoms with Crippen LogP contribution in [0, 0.1) is 0 Å². The average Bonchev–Trinajstić information content (AvgIpc) is 2.16. The summed E-state index contributed by atoms with van der Waals surface area (Å²) in [5.41, 5.74) is 0.679. The Morgan fingerprint density at radius 1 is 1.36 bits per heavy atom. The van der Waals surface area contributed by atoms with Gasteiger partial charge in [-0.3, -0.25) is 0 Å². The molecular weight excluding hydrogens is 210 g/mol. The molecular formula is C9H8F2O2S. The van der Waals surface area contributed by atoms with Crippen LogP contribution < -0.4 is 0 Å². The van der Waals surface area contributed by atoms with Crippen LogP contribution >= 0.6 is 11.8 Å². The van der Waals surface area contributed by atoms with Crippen molar-refractivity contribution in [3.63, 3.8) is 0 Å². The normalized spacial score (nSPS) is 11.3. The maximum absolute atomic E-state index is 12.6. The van der Waals surface area contributed by atoms with Gasteiger partial charge in [0.25, 0.3) is 0 Å². The summed E-state index contributed by atoms with van der Waals surface area (Å²) in [7, 11) is 0. The van der Waals surface area contributed by atoms with Gasteiger partial charge in [0.1, 0.15) is 0 Å². The molecule has 0 aliphatic carbocycles. The molecule has 1 aromatic rings. The van der Waals surface area contributed by atoms with E-state index in [4.69, 9.17) is 5.11 Å². The number of hydrogen-bond donors (Lipinski definition) is 1. The summed E-state index contributed by atoms with van der Waals surface area (Å²) in [6.07, 6.45) is 0. The van der Waals surface area contributed by atoms with Crippen LogP contribution in [-0.2, 0) is 10.5 Å². The van der Waals surface area contributed by atoms with Gasteiger partial charge in [0, 0.05) is 5.75 Å². The SMILES string of the molecule is O=C(O)C(F)(F)SCc1ccccc1. The predicted octanol–water partition coefficient (Wildman–Crippen LogP) is 2.60. The van der Waals surface area contributed by atoms with Crippen LogP contribution in [0.3, 0.4) is 0 Å². The Balaban J connectivity index is 2.53. The predicted molar refractivity (Wildman–Crippen MR) is 50.3 cm³/mol. The van der Waals surface area contributed by atoms with Gasteiger partial charge in [0.05, 0.1) is 0 Å². The number of benzene rings is 1. The zero-order chi connectivity index (χ0) is 10.6. The van der Waals surface area contributed by atoms with Gasteiger partial charge in [0.15, 0.2) is 0 Å². The van der Waals surface area contributed by atoms with E-state index >= 15 is 0 Å². The number of halogens is 2. The first-order chi connectivity index (χ1) is 6.52. The molecule has 0 atom stereocenters. The van der Waals surface area contributed by atoms with E-state index in [-0.39, 0.29) is 17.5 Å². The number of alkyl halides is 2. The molecule has 0 amide bonds. The minimum absolute atomic E-state index is 0.0137. The highest BCUT2D eigenvalue weighted by molar-refractivity contribution is 8.00. The van der Waals surface area contributed by atoms with E-state index in [9.17, 15) is 13.6 Å². The highest BCUT2D eigenvalue weighted by atomic mass is 32.2. The maximum Gasteiger partial charge on any atom is 0.389 e. The smallest absolute Gasteiger partial charge is 0.389 e. The van der Waals surface area contributed by atoms with Gasteiger partial charge in [-0.15, -0.1) is 0 Å². The molecule has 0 spiro atoms. The van der Waals surface area contributed by atoms with Crippen molar-refractivity contribution < 1.29 is 18.7 Å². The van der Waals surface area contributed by atoms with Crippen molar-refractivity contribution in [1.29, 1.82) is 0 Å². The number of carboxylic acids is 1. The molecule has 1 rings (SSSR count). The molecule has 0 fully saturated rings. The minimum atomic E-state index is -3.71. The molecule has 0 saturated carbocycles. The average molecular weight is 218 g/mol. The fraction of sp³-hybridized carbons (Fsp3) is 0.222. The summed E-state index contributed by atoms with van der Waals surface area (Å²) in [5, 5.41) is 4.44. The van der Waals surface area contributed by atoms with Crippen LogP contribution in [0.25, 0.3) is 0 Å². The largest absolute Gasteiger partial charge is 0.476 e.